The van der Waals surface area contributed by atoms with Gasteiger partial charge in [0.15, 0.2) is 0 Å². The summed E-state index contributed by atoms with van der Waals surface area (Å²) < 4.78 is 0. The molecule has 0 unspecified atom stereocenters. The minimum Gasteiger partial charge on any atom is -0.365 e. The number of piperidine rings is 1. The predicted molar refractivity (Wildman–Crippen MR) is 118 cm³/mol. The van der Waals surface area contributed by atoms with Gasteiger partial charge in [0.2, 0.25) is 0 Å². The van der Waals surface area contributed by atoms with Crippen molar-refractivity contribution in [3.05, 3.63) is 52.9 Å². The molecule has 1 aromatic carbocycles. The molecule has 4 rings (SSSR count). The van der Waals surface area contributed by atoms with Gasteiger partial charge in [-0.3, -0.25) is 14.7 Å². The number of aromatic nitrogens is 2. The lowest BCUT2D eigenvalue weighted by Crippen LogP contribution is -2.43. The van der Waals surface area contributed by atoms with Crippen molar-refractivity contribution in [3.8, 4) is 10.6 Å². The highest BCUT2D eigenvalue weighted by Crippen LogP contribution is 2.28. The van der Waals surface area contributed by atoms with Gasteiger partial charge in [-0.2, -0.15) is 5.10 Å². The van der Waals surface area contributed by atoms with Crippen LogP contribution in [0.1, 0.15) is 32.9 Å². The Labute approximate surface area is 178 Å². The number of carbonyl (C=O) groups is 2. The third-order valence-electron chi connectivity index (χ3n) is 5.16. The molecule has 1 saturated heterocycles. The first-order valence-corrected chi connectivity index (χ1v) is 10.6. The van der Waals surface area contributed by atoms with Crippen LogP contribution in [-0.2, 0) is 0 Å². The maximum absolute atomic E-state index is 12.5. The molecule has 3 heterocycles. The van der Waals surface area contributed by atoms with E-state index in [4.69, 9.17) is 5.73 Å². The number of benzene rings is 1. The van der Waals surface area contributed by atoms with Crippen molar-refractivity contribution in [2.24, 2.45) is 5.73 Å². The lowest BCUT2D eigenvalue weighted by molar-refractivity contribution is 0.0916. The number of anilines is 2. The number of hydrogen-bond acceptors (Lipinski definition) is 6. The minimum atomic E-state index is -0.444. The first kappa shape index (κ1) is 20.1. The Balaban J connectivity index is 1.36. The zero-order chi connectivity index (χ0) is 21.1. The van der Waals surface area contributed by atoms with Crippen LogP contribution in [0.2, 0.25) is 0 Å². The number of nitrogens with one attached hydrogen (secondary N) is 3. The maximum Gasteiger partial charge on any atom is 0.258 e. The van der Waals surface area contributed by atoms with E-state index in [0.29, 0.717) is 16.3 Å². The second-order valence-corrected chi connectivity index (χ2v) is 8.53. The van der Waals surface area contributed by atoms with E-state index in [-0.39, 0.29) is 11.9 Å². The Hall–Kier alpha value is -3.17. The van der Waals surface area contributed by atoms with Gasteiger partial charge in [-0.1, -0.05) is 0 Å². The molecule has 1 aliphatic rings. The van der Waals surface area contributed by atoms with Gasteiger partial charge in [-0.15, -0.1) is 11.3 Å². The normalized spacial score (nSPS) is 15.1. The molecule has 2 amide bonds. The number of thiophene rings is 1. The van der Waals surface area contributed by atoms with E-state index in [1.807, 2.05) is 36.4 Å². The molecule has 30 heavy (non-hydrogen) atoms. The molecule has 0 saturated carbocycles. The van der Waals surface area contributed by atoms with Crippen LogP contribution in [0.5, 0.6) is 0 Å². The molecule has 0 spiro atoms. The number of primary amides is 1. The number of rotatable bonds is 6. The minimum absolute atomic E-state index is 0.0390. The highest BCUT2D eigenvalue weighted by atomic mass is 32.1. The van der Waals surface area contributed by atoms with E-state index >= 15 is 0 Å². The Morgan fingerprint density at radius 2 is 1.90 bits per heavy atom. The number of hydrogen-bond donors (Lipinski definition) is 4. The van der Waals surface area contributed by atoms with Gasteiger partial charge in [0, 0.05) is 23.4 Å². The molecular formula is C21H24N6O2S. The van der Waals surface area contributed by atoms with Crippen molar-refractivity contribution in [2.45, 2.75) is 18.9 Å². The molecule has 1 fully saturated rings. The number of nitrogens with two attached hydrogens (primary N) is 1. The van der Waals surface area contributed by atoms with Gasteiger partial charge in [-0.25, -0.2) is 0 Å². The zero-order valence-electron chi connectivity index (χ0n) is 16.6. The molecule has 1 aliphatic heterocycles. The Morgan fingerprint density at radius 3 is 2.57 bits per heavy atom. The van der Waals surface area contributed by atoms with Crippen molar-refractivity contribution >= 4 is 34.7 Å². The van der Waals surface area contributed by atoms with Crippen LogP contribution >= 0.6 is 11.3 Å². The summed E-state index contributed by atoms with van der Waals surface area (Å²) in [6.07, 6.45) is 1.96. The SMILES string of the molecule is CN1CCC(NC(=O)c2ccc(Nc3cc(-c4ccc(C(N)=O)s4)n[nH]3)cc2)CC1. The van der Waals surface area contributed by atoms with Gasteiger partial charge in [0.1, 0.15) is 11.5 Å². The Kier molecular flexibility index (Phi) is 5.82. The summed E-state index contributed by atoms with van der Waals surface area (Å²) in [6, 6.07) is 13.0. The second-order valence-electron chi connectivity index (χ2n) is 7.45. The average molecular weight is 425 g/mol. The van der Waals surface area contributed by atoms with Crippen LogP contribution in [0.3, 0.4) is 0 Å². The van der Waals surface area contributed by atoms with Crippen molar-refractivity contribution in [2.75, 3.05) is 25.5 Å². The maximum atomic E-state index is 12.5. The molecule has 0 bridgehead atoms. The Bertz CT molecular complexity index is 1030. The van der Waals surface area contributed by atoms with Crippen LogP contribution in [-0.4, -0.2) is 53.1 Å². The monoisotopic (exact) mass is 424 g/mol. The number of likely N-dealkylation sites (tertiary alicyclic amines) is 1. The fourth-order valence-corrected chi connectivity index (χ4v) is 4.22. The molecule has 9 heteroatoms. The molecule has 0 aliphatic carbocycles. The van der Waals surface area contributed by atoms with Crippen LogP contribution in [0.4, 0.5) is 11.5 Å². The molecular weight excluding hydrogens is 400 g/mol. The summed E-state index contributed by atoms with van der Waals surface area (Å²) in [5.74, 6) is 0.227. The van der Waals surface area contributed by atoms with E-state index in [2.05, 4.69) is 32.8 Å². The number of carbonyl (C=O) groups excluding carboxylic acids is 2. The fraction of sp³-hybridized carbons (Fsp3) is 0.286. The standard InChI is InChI=1S/C21H24N6O2S/c1-27-10-8-15(9-11-27)24-21(29)13-2-4-14(5-3-13)23-19-12-16(25-26-19)17-6-7-18(30-17)20(22)28/h2-7,12,15H,8-11H2,1H3,(H2,22,28)(H,24,29)(H2,23,25,26). The largest absolute Gasteiger partial charge is 0.365 e. The van der Waals surface area contributed by atoms with Crippen LogP contribution < -0.4 is 16.4 Å². The highest BCUT2D eigenvalue weighted by molar-refractivity contribution is 7.17. The van der Waals surface area contributed by atoms with Gasteiger partial charge in [-0.05, 0) is 69.4 Å². The lowest BCUT2D eigenvalue weighted by Gasteiger charge is -2.29. The molecule has 3 aromatic rings. The van der Waals surface area contributed by atoms with E-state index in [0.717, 1.165) is 42.2 Å². The quantitative estimate of drug-likeness (QED) is 0.486. The van der Waals surface area contributed by atoms with Crippen LogP contribution in [0.15, 0.2) is 42.5 Å². The first-order valence-electron chi connectivity index (χ1n) is 9.80. The van der Waals surface area contributed by atoms with E-state index < -0.39 is 5.91 Å². The van der Waals surface area contributed by atoms with Gasteiger partial charge in [0.25, 0.3) is 11.8 Å². The number of amides is 2. The first-order chi connectivity index (χ1) is 14.5. The average Bonchev–Trinajstić information content (AvgIpc) is 3.40. The van der Waals surface area contributed by atoms with E-state index in [1.165, 1.54) is 11.3 Å². The Morgan fingerprint density at radius 1 is 1.17 bits per heavy atom. The summed E-state index contributed by atoms with van der Waals surface area (Å²) in [5, 5.41) is 13.6. The third kappa shape index (κ3) is 4.69. The molecule has 8 nitrogen and oxygen atoms in total. The summed E-state index contributed by atoms with van der Waals surface area (Å²) in [5.41, 5.74) is 7.51. The van der Waals surface area contributed by atoms with Crippen LogP contribution in [0.25, 0.3) is 10.6 Å². The predicted octanol–water partition coefficient (Wildman–Crippen LogP) is 2.80. The smallest absolute Gasteiger partial charge is 0.258 e. The zero-order valence-corrected chi connectivity index (χ0v) is 17.5. The summed E-state index contributed by atoms with van der Waals surface area (Å²) in [4.78, 5) is 27.4. The third-order valence-corrected chi connectivity index (χ3v) is 6.28. The second kappa shape index (κ2) is 8.68. The van der Waals surface area contributed by atoms with Crippen LogP contribution in [0, 0.1) is 0 Å². The molecule has 156 valence electrons. The summed E-state index contributed by atoms with van der Waals surface area (Å²) in [7, 11) is 2.10. The van der Waals surface area contributed by atoms with Crippen molar-refractivity contribution in [1.29, 1.82) is 0 Å². The summed E-state index contributed by atoms with van der Waals surface area (Å²) >= 11 is 1.30. The molecule has 0 radical (unpaired) electrons. The number of H-pyrrole nitrogens is 1. The van der Waals surface area contributed by atoms with E-state index in [9.17, 15) is 9.59 Å². The lowest BCUT2D eigenvalue weighted by atomic mass is 10.0. The van der Waals surface area contributed by atoms with Gasteiger partial charge >= 0.3 is 0 Å². The number of nitrogens with zero attached hydrogens (tertiary/aromatic N) is 2. The van der Waals surface area contributed by atoms with Crippen molar-refractivity contribution in [1.82, 2.24) is 20.4 Å². The molecule has 0 atom stereocenters. The van der Waals surface area contributed by atoms with Crippen molar-refractivity contribution in [3.63, 3.8) is 0 Å². The van der Waals surface area contributed by atoms with Crippen molar-refractivity contribution < 1.29 is 9.59 Å². The number of aromatic amines is 1. The van der Waals surface area contributed by atoms with Gasteiger partial charge in [0.05, 0.1) is 9.75 Å². The molecule has 5 N–H and O–H groups in total. The van der Waals surface area contributed by atoms with E-state index in [1.54, 1.807) is 6.07 Å². The molecule has 2 aromatic heterocycles. The topological polar surface area (TPSA) is 116 Å². The fourth-order valence-electron chi connectivity index (χ4n) is 3.40. The highest BCUT2D eigenvalue weighted by Gasteiger charge is 2.19. The summed E-state index contributed by atoms with van der Waals surface area (Å²) in [6.45, 7) is 2.02. The van der Waals surface area contributed by atoms with Gasteiger partial charge < -0.3 is 21.3 Å².